The van der Waals surface area contributed by atoms with Crippen LogP contribution in [0.4, 0.5) is 0 Å². The fraction of sp³-hybridized carbons (Fsp3) is 0.562. The van der Waals surface area contributed by atoms with E-state index in [1.165, 1.54) is 12.8 Å². The first-order valence-corrected chi connectivity index (χ1v) is 7.30. The predicted molar refractivity (Wildman–Crippen MR) is 79.2 cm³/mol. The topological polar surface area (TPSA) is 55.6 Å². The monoisotopic (exact) mass is 276 g/mol. The summed E-state index contributed by atoms with van der Waals surface area (Å²) in [6.07, 6.45) is 3.07. The SMILES string of the molecule is CCOC(=O)C(N)(CCN(C)C1CC1)c1ccccc1. The van der Waals surface area contributed by atoms with Crippen LogP contribution in [-0.2, 0) is 15.1 Å². The number of esters is 1. The van der Waals surface area contributed by atoms with Gasteiger partial charge < -0.3 is 15.4 Å². The molecule has 0 aliphatic heterocycles. The van der Waals surface area contributed by atoms with Crippen molar-refractivity contribution in [1.82, 2.24) is 4.90 Å². The van der Waals surface area contributed by atoms with Crippen molar-refractivity contribution in [3.05, 3.63) is 35.9 Å². The Bertz CT molecular complexity index is 445. The second-order valence-electron chi connectivity index (χ2n) is 5.52. The molecule has 20 heavy (non-hydrogen) atoms. The second kappa shape index (κ2) is 6.37. The summed E-state index contributed by atoms with van der Waals surface area (Å²) < 4.78 is 5.19. The van der Waals surface area contributed by atoms with Gasteiger partial charge in [0, 0.05) is 12.6 Å². The van der Waals surface area contributed by atoms with Crippen molar-refractivity contribution in [2.45, 2.75) is 37.8 Å². The molecule has 1 fully saturated rings. The third-order valence-electron chi connectivity index (χ3n) is 3.96. The summed E-state index contributed by atoms with van der Waals surface area (Å²) in [6, 6.07) is 10.2. The van der Waals surface area contributed by atoms with E-state index < -0.39 is 5.54 Å². The number of hydrogen-bond donors (Lipinski definition) is 1. The third kappa shape index (κ3) is 3.38. The number of benzene rings is 1. The minimum atomic E-state index is -1.06. The Balaban J connectivity index is 2.12. The van der Waals surface area contributed by atoms with Crippen molar-refractivity contribution in [2.75, 3.05) is 20.2 Å². The minimum absolute atomic E-state index is 0.338. The van der Waals surface area contributed by atoms with E-state index in [1.807, 2.05) is 30.3 Å². The molecule has 4 nitrogen and oxygen atoms in total. The van der Waals surface area contributed by atoms with Gasteiger partial charge in [-0.3, -0.25) is 0 Å². The van der Waals surface area contributed by atoms with Crippen molar-refractivity contribution < 1.29 is 9.53 Å². The smallest absolute Gasteiger partial charge is 0.330 e. The number of nitrogens with two attached hydrogens (primary N) is 1. The summed E-state index contributed by atoms with van der Waals surface area (Å²) in [5, 5.41) is 0. The van der Waals surface area contributed by atoms with Gasteiger partial charge in [0.2, 0.25) is 0 Å². The van der Waals surface area contributed by atoms with Crippen LogP contribution in [0.15, 0.2) is 30.3 Å². The molecule has 2 N–H and O–H groups in total. The number of ether oxygens (including phenoxy) is 1. The van der Waals surface area contributed by atoms with Gasteiger partial charge in [0.1, 0.15) is 5.54 Å². The van der Waals surface area contributed by atoms with Crippen LogP contribution in [-0.4, -0.2) is 37.1 Å². The van der Waals surface area contributed by atoms with E-state index in [-0.39, 0.29) is 5.97 Å². The second-order valence-corrected chi connectivity index (χ2v) is 5.52. The molecule has 1 aromatic carbocycles. The van der Waals surface area contributed by atoms with Crippen molar-refractivity contribution in [3.8, 4) is 0 Å². The third-order valence-corrected chi connectivity index (χ3v) is 3.96. The highest BCUT2D eigenvalue weighted by Gasteiger charge is 2.38. The molecule has 0 spiro atoms. The Kier molecular flexibility index (Phi) is 4.78. The molecular weight excluding hydrogens is 252 g/mol. The molecule has 4 heteroatoms. The summed E-state index contributed by atoms with van der Waals surface area (Å²) in [5.74, 6) is -0.338. The first-order chi connectivity index (χ1) is 9.58. The van der Waals surface area contributed by atoms with Crippen molar-refractivity contribution in [2.24, 2.45) is 5.73 Å². The molecule has 2 rings (SSSR count). The first-order valence-electron chi connectivity index (χ1n) is 7.30. The van der Waals surface area contributed by atoms with Crippen LogP contribution >= 0.6 is 0 Å². The zero-order chi connectivity index (χ0) is 14.6. The van der Waals surface area contributed by atoms with E-state index in [9.17, 15) is 4.79 Å². The van der Waals surface area contributed by atoms with E-state index in [4.69, 9.17) is 10.5 Å². The summed E-state index contributed by atoms with van der Waals surface area (Å²) >= 11 is 0. The average molecular weight is 276 g/mol. The zero-order valence-corrected chi connectivity index (χ0v) is 12.3. The lowest BCUT2D eigenvalue weighted by molar-refractivity contribution is -0.150. The lowest BCUT2D eigenvalue weighted by Gasteiger charge is -2.29. The Morgan fingerprint density at radius 2 is 2.05 bits per heavy atom. The highest BCUT2D eigenvalue weighted by Crippen LogP contribution is 2.29. The van der Waals surface area contributed by atoms with E-state index in [1.54, 1.807) is 6.92 Å². The minimum Gasteiger partial charge on any atom is -0.464 e. The molecule has 1 aliphatic carbocycles. The maximum atomic E-state index is 12.3. The van der Waals surface area contributed by atoms with E-state index >= 15 is 0 Å². The van der Waals surface area contributed by atoms with Crippen molar-refractivity contribution in [3.63, 3.8) is 0 Å². The van der Waals surface area contributed by atoms with Crippen LogP contribution in [0.2, 0.25) is 0 Å². The molecule has 1 aliphatic rings. The van der Waals surface area contributed by atoms with Gasteiger partial charge in [-0.25, -0.2) is 4.79 Å². The van der Waals surface area contributed by atoms with Gasteiger partial charge in [0.15, 0.2) is 0 Å². The van der Waals surface area contributed by atoms with Crippen LogP contribution in [0.3, 0.4) is 0 Å². The number of rotatable bonds is 7. The number of hydrogen-bond acceptors (Lipinski definition) is 4. The summed E-state index contributed by atoms with van der Waals surface area (Å²) in [7, 11) is 2.09. The predicted octanol–water partition coefficient (Wildman–Crippen LogP) is 1.89. The molecule has 1 saturated carbocycles. The highest BCUT2D eigenvalue weighted by atomic mass is 16.5. The molecular formula is C16H24N2O2. The number of carbonyl (C=O) groups excluding carboxylic acids is 1. The van der Waals surface area contributed by atoms with Crippen molar-refractivity contribution in [1.29, 1.82) is 0 Å². The summed E-state index contributed by atoms with van der Waals surface area (Å²) in [6.45, 7) is 2.96. The number of carbonyl (C=O) groups is 1. The zero-order valence-electron chi connectivity index (χ0n) is 12.3. The van der Waals surface area contributed by atoms with E-state index in [0.717, 1.165) is 12.1 Å². The molecule has 0 aromatic heterocycles. The maximum absolute atomic E-state index is 12.3. The van der Waals surface area contributed by atoms with Gasteiger partial charge in [-0.1, -0.05) is 30.3 Å². The fourth-order valence-corrected chi connectivity index (χ4v) is 2.41. The van der Waals surface area contributed by atoms with Crippen LogP contribution in [0.25, 0.3) is 0 Å². The standard InChI is InChI=1S/C16H24N2O2/c1-3-20-15(19)16(17,13-7-5-4-6-8-13)11-12-18(2)14-9-10-14/h4-8,14H,3,9-12,17H2,1-2H3. The van der Waals surface area contributed by atoms with Gasteiger partial charge in [-0.15, -0.1) is 0 Å². The normalized spacial score (nSPS) is 17.8. The molecule has 0 radical (unpaired) electrons. The molecule has 1 aromatic rings. The molecule has 0 amide bonds. The molecule has 0 bridgehead atoms. The molecule has 1 atom stereocenters. The Labute approximate surface area is 120 Å². The van der Waals surface area contributed by atoms with Gasteiger partial charge >= 0.3 is 5.97 Å². The average Bonchev–Trinajstić information content (AvgIpc) is 3.30. The Morgan fingerprint density at radius 3 is 2.60 bits per heavy atom. The lowest BCUT2D eigenvalue weighted by atomic mass is 9.87. The van der Waals surface area contributed by atoms with Gasteiger partial charge in [-0.2, -0.15) is 0 Å². The summed E-state index contributed by atoms with van der Waals surface area (Å²) in [4.78, 5) is 14.6. The van der Waals surface area contributed by atoms with Crippen LogP contribution < -0.4 is 5.73 Å². The lowest BCUT2D eigenvalue weighted by Crippen LogP contribution is -2.48. The van der Waals surface area contributed by atoms with Crippen LogP contribution in [0.5, 0.6) is 0 Å². The van der Waals surface area contributed by atoms with Gasteiger partial charge in [0.25, 0.3) is 0 Å². The van der Waals surface area contributed by atoms with Crippen molar-refractivity contribution >= 4 is 5.97 Å². The Morgan fingerprint density at radius 1 is 1.40 bits per heavy atom. The summed E-state index contributed by atoms with van der Waals surface area (Å²) in [5.41, 5.74) is 6.18. The molecule has 1 unspecified atom stereocenters. The fourth-order valence-electron chi connectivity index (χ4n) is 2.41. The molecule has 0 saturated heterocycles. The highest BCUT2D eigenvalue weighted by molar-refractivity contribution is 5.82. The molecule has 110 valence electrons. The van der Waals surface area contributed by atoms with Gasteiger partial charge in [0.05, 0.1) is 6.61 Å². The first kappa shape index (κ1) is 15.0. The number of nitrogens with zero attached hydrogens (tertiary/aromatic N) is 1. The van der Waals surface area contributed by atoms with Crippen LogP contribution in [0.1, 0.15) is 31.7 Å². The maximum Gasteiger partial charge on any atom is 0.330 e. The quantitative estimate of drug-likeness (QED) is 0.773. The van der Waals surface area contributed by atoms with E-state index in [0.29, 0.717) is 19.1 Å². The van der Waals surface area contributed by atoms with Gasteiger partial charge in [-0.05, 0) is 38.8 Å². The molecule has 0 heterocycles. The Hall–Kier alpha value is -1.39. The van der Waals surface area contributed by atoms with Crippen LogP contribution in [0, 0.1) is 0 Å². The van der Waals surface area contributed by atoms with E-state index in [2.05, 4.69) is 11.9 Å². The largest absolute Gasteiger partial charge is 0.464 e.